The minimum atomic E-state index is 0.845. The molecular formula is C11H17N3. The Hall–Kier alpha value is -1.12. The molecule has 1 N–H and O–H groups in total. The van der Waals surface area contributed by atoms with Crippen molar-refractivity contribution in [2.24, 2.45) is 5.92 Å². The predicted octanol–water partition coefficient (Wildman–Crippen LogP) is 2.39. The van der Waals surface area contributed by atoms with Crippen molar-refractivity contribution in [2.75, 3.05) is 11.9 Å². The Morgan fingerprint density at radius 1 is 1.43 bits per heavy atom. The van der Waals surface area contributed by atoms with E-state index in [1.54, 1.807) is 6.20 Å². The van der Waals surface area contributed by atoms with E-state index in [9.17, 15) is 0 Å². The number of rotatable bonds is 3. The van der Waals surface area contributed by atoms with Crippen LogP contribution in [-0.4, -0.2) is 16.7 Å². The number of anilines is 1. The van der Waals surface area contributed by atoms with Gasteiger partial charge in [-0.25, -0.2) is 0 Å². The van der Waals surface area contributed by atoms with Crippen LogP contribution in [0.1, 0.15) is 31.2 Å². The Balaban J connectivity index is 1.85. The number of hydrogen-bond acceptors (Lipinski definition) is 3. The molecule has 1 aromatic heterocycles. The van der Waals surface area contributed by atoms with Gasteiger partial charge in [0.2, 0.25) is 0 Å². The zero-order valence-corrected chi connectivity index (χ0v) is 8.66. The van der Waals surface area contributed by atoms with Gasteiger partial charge in [0.25, 0.3) is 0 Å². The minimum Gasteiger partial charge on any atom is -0.368 e. The monoisotopic (exact) mass is 191 g/mol. The molecule has 3 heteroatoms. The van der Waals surface area contributed by atoms with Crippen LogP contribution in [0.15, 0.2) is 12.3 Å². The molecule has 0 spiro atoms. The molecule has 2 rings (SSSR count). The van der Waals surface area contributed by atoms with Crippen molar-refractivity contribution in [1.82, 2.24) is 10.2 Å². The Morgan fingerprint density at radius 2 is 2.21 bits per heavy atom. The van der Waals surface area contributed by atoms with Crippen LogP contribution in [0.2, 0.25) is 0 Å². The molecule has 0 atom stereocenters. The lowest BCUT2D eigenvalue weighted by Gasteiger charge is -2.10. The van der Waals surface area contributed by atoms with Crippen LogP contribution in [0.3, 0.4) is 0 Å². The Bertz CT molecular complexity index is 292. The standard InChI is InChI=1S/C11H17N3/c1-9-6-11(14-13-7-9)12-8-10-4-2-3-5-10/h6-7,10H,2-5,8H2,1H3,(H,12,14). The molecule has 1 aromatic rings. The van der Waals surface area contributed by atoms with Crippen molar-refractivity contribution in [3.63, 3.8) is 0 Å². The fourth-order valence-corrected chi connectivity index (χ4v) is 2.01. The number of hydrogen-bond donors (Lipinski definition) is 1. The molecule has 0 unspecified atom stereocenters. The maximum absolute atomic E-state index is 4.04. The first-order chi connectivity index (χ1) is 6.84. The highest BCUT2D eigenvalue weighted by molar-refractivity contribution is 5.34. The second-order valence-electron chi connectivity index (χ2n) is 4.15. The normalized spacial score (nSPS) is 17.2. The van der Waals surface area contributed by atoms with Crippen LogP contribution in [0, 0.1) is 12.8 Å². The molecule has 76 valence electrons. The summed E-state index contributed by atoms with van der Waals surface area (Å²) in [4.78, 5) is 0. The molecule has 0 amide bonds. The average molecular weight is 191 g/mol. The third-order valence-electron chi connectivity index (χ3n) is 2.84. The van der Waals surface area contributed by atoms with E-state index < -0.39 is 0 Å². The Kier molecular flexibility index (Phi) is 2.96. The van der Waals surface area contributed by atoms with Gasteiger partial charge in [-0.1, -0.05) is 12.8 Å². The second-order valence-corrected chi connectivity index (χ2v) is 4.15. The number of aromatic nitrogens is 2. The number of nitrogens with one attached hydrogen (secondary N) is 1. The van der Waals surface area contributed by atoms with E-state index in [1.165, 1.54) is 25.7 Å². The van der Waals surface area contributed by atoms with E-state index in [-0.39, 0.29) is 0 Å². The highest BCUT2D eigenvalue weighted by Crippen LogP contribution is 2.24. The highest BCUT2D eigenvalue weighted by atomic mass is 15.2. The maximum Gasteiger partial charge on any atom is 0.148 e. The fourth-order valence-electron chi connectivity index (χ4n) is 2.01. The predicted molar refractivity (Wildman–Crippen MR) is 57.2 cm³/mol. The number of aryl methyl sites for hydroxylation is 1. The van der Waals surface area contributed by atoms with Crippen molar-refractivity contribution in [3.8, 4) is 0 Å². The summed E-state index contributed by atoms with van der Waals surface area (Å²) in [6, 6.07) is 2.04. The van der Waals surface area contributed by atoms with Gasteiger partial charge in [-0.3, -0.25) is 0 Å². The summed E-state index contributed by atoms with van der Waals surface area (Å²) in [6.07, 6.45) is 7.30. The smallest absolute Gasteiger partial charge is 0.148 e. The van der Waals surface area contributed by atoms with Gasteiger partial charge >= 0.3 is 0 Å². The van der Waals surface area contributed by atoms with Crippen molar-refractivity contribution >= 4 is 5.82 Å². The molecule has 0 saturated heterocycles. The van der Waals surface area contributed by atoms with Crippen molar-refractivity contribution in [3.05, 3.63) is 17.8 Å². The van der Waals surface area contributed by atoms with E-state index >= 15 is 0 Å². The van der Waals surface area contributed by atoms with Gasteiger partial charge in [0, 0.05) is 6.54 Å². The number of nitrogens with zero attached hydrogens (tertiary/aromatic N) is 2. The lowest BCUT2D eigenvalue weighted by molar-refractivity contribution is 0.578. The summed E-state index contributed by atoms with van der Waals surface area (Å²) in [5, 5.41) is 11.3. The molecule has 1 saturated carbocycles. The summed E-state index contributed by atoms with van der Waals surface area (Å²) in [6.45, 7) is 3.09. The van der Waals surface area contributed by atoms with Gasteiger partial charge in [-0.2, -0.15) is 5.10 Å². The summed E-state index contributed by atoms with van der Waals surface area (Å²) in [5.41, 5.74) is 1.16. The van der Waals surface area contributed by atoms with Crippen LogP contribution >= 0.6 is 0 Å². The second kappa shape index (κ2) is 4.40. The molecule has 0 aromatic carbocycles. The third-order valence-corrected chi connectivity index (χ3v) is 2.84. The summed E-state index contributed by atoms with van der Waals surface area (Å²) in [7, 11) is 0. The first kappa shape index (κ1) is 9.44. The van der Waals surface area contributed by atoms with E-state index in [4.69, 9.17) is 0 Å². The summed E-state index contributed by atoms with van der Waals surface area (Å²) in [5.74, 6) is 1.76. The third kappa shape index (κ3) is 2.44. The summed E-state index contributed by atoms with van der Waals surface area (Å²) >= 11 is 0. The molecule has 0 bridgehead atoms. The van der Waals surface area contributed by atoms with Gasteiger partial charge in [-0.05, 0) is 37.3 Å². The van der Waals surface area contributed by atoms with Crippen LogP contribution < -0.4 is 5.32 Å². The van der Waals surface area contributed by atoms with E-state index in [1.807, 2.05) is 13.0 Å². The first-order valence-electron chi connectivity index (χ1n) is 5.38. The van der Waals surface area contributed by atoms with Gasteiger partial charge in [0.05, 0.1) is 6.20 Å². The van der Waals surface area contributed by atoms with Crippen LogP contribution in [-0.2, 0) is 0 Å². The molecule has 3 nitrogen and oxygen atoms in total. The molecule has 0 radical (unpaired) electrons. The topological polar surface area (TPSA) is 37.8 Å². The zero-order chi connectivity index (χ0) is 9.80. The summed E-state index contributed by atoms with van der Waals surface area (Å²) < 4.78 is 0. The van der Waals surface area contributed by atoms with Crippen LogP contribution in [0.5, 0.6) is 0 Å². The van der Waals surface area contributed by atoms with E-state index in [0.29, 0.717) is 0 Å². The van der Waals surface area contributed by atoms with Crippen molar-refractivity contribution in [2.45, 2.75) is 32.6 Å². The largest absolute Gasteiger partial charge is 0.368 e. The van der Waals surface area contributed by atoms with E-state index in [0.717, 1.165) is 23.8 Å². The lowest BCUT2D eigenvalue weighted by Crippen LogP contribution is -2.12. The van der Waals surface area contributed by atoms with Gasteiger partial charge in [-0.15, -0.1) is 5.10 Å². The molecule has 1 aliphatic carbocycles. The molecule has 14 heavy (non-hydrogen) atoms. The van der Waals surface area contributed by atoms with Crippen LogP contribution in [0.4, 0.5) is 5.82 Å². The molecule has 1 aliphatic rings. The minimum absolute atomic E-state index is 0.845. The van der Waals surface area contributed by atoms with Gasteiger partial charge in [0.15, 0.2) is 0 Å². The Labute approximate surface area is 84.9 Å². The lowest BCUT2D eigenvalue weighted by atomic mass is 10.1. The quantitative estimate of drug-likeness (QED) is 0.797. The van der Waals surface area contributed by atoms with Crippen molar-refractivity contribution < 1.29 is 0 Å². The average Bonchev–Trinajstić information content (AvgIpc) is 2.67. The maximum atomic E-state index is 4.04. The molecule has 1 heterocycles. The fraction of sp³-hybridized carbons (Fsp3) is 0.636. The molecule has 1 fully saturated rings. The van der Waals surface area contributed by atoms with Gasteiger partial charge in [0.1, 0.15) is 5.82 Å². The highest BCUT2D eigenvalue weighted by Gasteiger charge is 2.14. The molecule has 0 aliphatic heterocycles. The zero-order valence-electron chi connectivity index (χ0n) is 8.66. The molecular weight excluding hydrogens is 174 g/mol. The van der Waals surface area contributed by atoms with E-state index in [2.05, 4.69) is 15.5 Å². The first-order valence-corrected chi connectivity index (χ1v) is 5.38. The SMILES string of the molecule is Cc1cnnc(NCC2CCCC2)c1. The van der Waals surface area contributed by atoms with Crippen LogP contribution in [0.25, 0.3) is 0 Å². The van der Waals surface area contributed by atoms with Crippen molar-refractivity contribution in [1.29, 1.82) is 0 Å². The Morgan fingerprint density at radius 3 is 2.93 bits per heavy atom. The van der Waals surface area contributed by atoms with Gasteiger partial charge < -0.3 is 5.32 Å².